The lowest BCUT2D eigenvalue weighted by Gasteiger charge is -2.19. The van der Waals surface area contributed by atoms with E-state index < -0.39 is 0 Å². The number of nitrogens with zero attached hydrogens (tertiary/aromatic N) is 6. The van der Waals surface area contributed by atoms with Crippen molar-refractivity contribution < 1.29 is 4.74 Å². The molecule has 0 unspecified atom stereocenters. The minimum absolute atomic E-state index is 0.165. The first-order valence-electron chi connectivity index (χ1n) is 7.70. The van der Waals surface area contributed by atoms with Gasteiger partial charge in [-0.25, -0.2) is 14.6 Å². The van der Waals surface area contributed by atoms with Crippen molar-refractivity contribution in [3.05, 3.63) is 41.7 Å². The largest absolute Gasteiger partial charge is 0.377 e. The molecule has 3 aromatic heterocycles. The predicted molar refractivity (Wildman–Crippen MR) is 83.0 cm³/mol. The Hall–Kier alpha value is -2.32. The van der Waals surface area contributed by atoms with Gasteiger partial charge in [0.1, 0.15) is 0 Å². The van der Waals surface area contributed by atoms with Gasteiger partial charge in [-0.05, 0) is 19.9 Å². The maximum absolute atomic E-state index is 5.60. The van der Waals surface area contributed by atoms with Crippen LogP contribution in [-0.2, 0) is 11.3 Å². The van der Waals surface area contributed by atoms with Crippen LogP contribution in [0.1, 0.15) is 23.1 Å². The van der Waals surface area contributed by atoms with E-state index in [0.29, 0.717) is 19.8 Å². The van der Waals surface area contributed by atoms with Crippen molar-refractivity contribution in [2.75, 3.05) is 13.2 Å². The first kappa shape index (κ1) is 14.3. The summed E-state index contributed by atoms with van der Waals surface area (Å²) in [5, 5.41) is 11.5. The average molecular weight is 313 g/mol. The number of hydrogen-bond donors (Lipinski definition) is 1. The van der Waals surface area contributed by atoms with Crippen LogP contribution in [0, 0.1) is 13.8 Å². The van der Waals surface area contributed by atoms with E-state index >= 15 is 0 Å². The Morgan fingerprint density at radius 2 is 2.26 bits per heavy atom. The van der Waals surface area contributed by atoms with Gasteiger partial charge in [0.25, 0.3) is 0 Å². The van der Waals surface area contributed by atoms with Crippen LogP contribution in [-0.4, -0.2) is 48.6 Å². The lowest BCUT2D eigenvalue weighted by Crippen LogP contribution is -2.37. The Labute approximate surface area is 133 Å². The molecule has 120 valence electrons. The molecule has 0 aromatic carbocycles. The van der Waals surface area contributed by atoms with Crippen molar-refractivity contribution in [3.63, 3.8) is 0 Å². The Morgan fingerprint density at radius 1 is 1.35 bits per heavy atom. The lowest BCUT2D eigenvalue weighted by atomic mass is 10.1. The smallest absolute Gasteiger partial charge is 0.234 e. The third-order valence-corrected chi connectivity index (χ3v) is 4.24. The minimum Gasteiger partial charge on any atom is -0.377 e. The molecule has 8 heteroatoms. The molecule has 0 amide bonds. The Kier molecular flexibility index (Phi) is 3.55. The van der Waals surface area contributed by atoms with Gasteiger partial charge >= 0.3 is 0 Å². The van der Waals surface area contributed by atoms with Crippen molar-refractivity contribution in [3.8, 4) is 0 Å². The number of aromatic nitrogens is 6. The monoisotopic (exact) mass is 313 g/mol. The molecule has 1 aliphatic rings. The van der Waals surface area contributed by atoms with E-state index in [1.165, 1.54) is 0 Å². The van der Waals surface area contributed by atoms with Gasteiger partial charge in [0.05, 0.1) is 43.4 Å². The highest BCUT2D eigenvalue weighted by Crippen LogP contribution is 2.19. The first-order valence-corrected chi connectivity index (χ1v) is 7.70. The van der Waals surface area contributed by atoms with Crippen molar-refractivity contribution in [1.82, 2.24) is 34.7 Å². The predicted octanol–water partition coefficient (Wildman–Crippen LogP) is 0.667. The molecule has 1 fully saturated rings. The number of ether oxygens (including phenoxy) is 1. The second-order valence-electron chi connectivity index (χ2n) is 5.90. The summed E-state index contributed by atoms with van der Waals surface area (Å²) < 4.78 is 9.54. The van der Waals surface area contributed by atoms with E-state index in [1.807, 2.05) is 24.0 Å². The fourth-order valence-electron chi connectivity index (χ4n) is 3.15. The highest BCUT2D eigenvalue weighted by molar-refractivity contribution is 5.35. The average Bonchev–Trinajstić information content (AvgIpc) is 3.25. The molecule has 0 saturated carbocycles. The topological polar surface area (TPSA) is 82.2 Å². The molecule has 2 atom stereocenters. The Balaban J connectivity index is 1.53. The molecule has 0 radical (unpaired) electrons. The molecule has 8 nitrogen and oxygen atoms in total. The molecule has 1 N–H and O–H groups in total. The number of hydrogen-bond acceptors (Lipinski definition) is 6. The summed E-state index contributed by atoms with van der Waals surface area (Å²) in [6.07, 6.45) is 5.44. The van der Waals surface area contributed by atoms with E-state index in [4.69, 9.17) is 4.74 Å². The second-order valence-corrected chi connectivity index (χ2v) is 5.90. The van der Waals surface area contributed by atoms with Crippen LogP contribution < -0.4 is 5.32 Å². The summed E-state index contributed by atoms with van der Waals surface area (Å²) in [5.41, 5.74) is 3.21. The molecule has 4 heterocycles. The summed E-state index contributed by atoms with van der Waals surface area (Å²) in [6, 6.07) is 2.42. The van der Waals surface area contributed by atoms with Crippen LogP contribution in [0.3, 0.4) is 0 Å². The Bertz CT molecular complexity index is 811. The fraction of sp³-hybridized carbons (Fsp3) is 0.467. The van der Waals surface area contributed by atoms with Crippen molar-refractivity contribution in [2.24, 2.45) is 0 Å². The summed E-state index contributed by atoms with van der Waals surface area (Å²) in [6.45, 7) is 6.07. The van der Waals surface area contributed by atoms with E-state index in [-0.39, 0.29) is 12.1 Å². The maximum atomic E-state index is 5.60. The van der Waals surface area contributed by atoms with Gasteiger partial charge in [-0.2, -0.15) is 0 Å². The number of fused-ring (bicyclic) bond motifs is 1. The molecular weight excluding hydrogens is 294 g/mol. The number of rotatable bonds is 4. The number of imidazole rings is 1. The fourth-order valence-corrected chi connectivity index (χ4v) is 3.15. The van der Waals surface area contributed by atoms with Crippen LogP contribution in [0.2, 0.25) is 0 Å². The summed E-state index contributed by atoms with van der Waals surface area (Å²) in [4.78, 5) is 8.88. The highest BCUT2D eigenvalue weighted by Gasteiger charge is 2.30. The molecule has 0 aliphatic carbocycles. The minimum atomic E-state index is 0.165. The molecule has 23 heavy (non-hydrogen) atoms. The lowest BCUT2D eigenvalue weighted by molar-refractivity contribution is 0.181. The van der Waals surface area contributed by atoms with Crippen molar-refractivity contribution in [1.29, 1.82) is 0 Å². The molecule has 1 saturated heterocycles. The first-order chi connectivity index (χ1) is 11.2. The highest BCUT2D eigenvalue weighted by atomic mass is 16.5. The van der Waals surface area contributed by atoms with Gasteiger partial charge in [0.2, 0.25) is 5.78 Å². The zero-order chi connectivity index (χ0) is 15.8. The van der Waals surface area contributed by atoms with Crippen molar-refractivity contribution >= 4 is 5.78 Å². The normalized spacial score (nSPS) is 21.3. The number of nitrogens with one attached hydrogen (secondary N) is 1. The zero-order valence-corrected chi connectivity index (χ0v) is 13.2. The van der Waals surface area contributed by atoms with Gasteiger partial charge in [0, 0.05) is 24.1 Å². The Morgan fingerprint density at radius 3 is 3.09 bits per heavy atom. The number of aryl methyl sites for hydroxylation is 2. The van der Waals surface area contributed by atoms with E-state index in [9.17, 15) is 0 Å². The second kappa shape index (κ2) is 5.71. The summed E-state index contributed by atoms with van der Waals surface area (Å²) in [7, 11) is 0. The van der Waals surface area contributed by atoms with Crippen LogP contribution in [0.15, 0.2) is 24.7 Å². The standard InChI is InChI=1S/C15H19N7O/c1-10-5-11(2)22-12(7-17-15(22)19-10)6-16-13-8-23-9-14(13)21-4-3-18-20-21/h3-5,7,13-14,16H,6,8-9H2,1-2H3/t13-,14+/m0/s1. The van der Waals surface area contributed by atoms with E-state index in [0.717, 1.165) is 22.9 Å². The third-order valence-electron chi connectivity index (χ3n) is 4.24. The van der Waals surface area contributed by atoms with Crippen molar-refractivity contribution in [2.45, 2.75) is 32.5 Å². The third kappa shape index (κ3) is 2.60. The van der Waals surface area contributed by atoms with E-state index in [2.05, 4.69) is 43.0 Å². The van der Waals surface area contributed by atoms with Crippen LogP contribution >= 0.6 is 0 Å². The van der Waals surface area contributed by atoms with E-state index in [1.54, 1.807) is 6.20 Å². The zero-order valence-electron chi connectivity index (χ0n) is 13.2. The SMILES string of the molecule is Cc1cc(C)n2c(CN[C@H]3COC[C@H]3n3ccnn3)cnc2n1. The summed E-state index contributed by atoms with van der Waals surface area (Å²) in [5.74, 6) is 0.745. The molecule has 0 spiro atoms. The van der Waals surface area contributed by atoms with Crippen LogP contribution in [0.5, 0.6) is 0 Å². The molecule has 3 aromatic rings. The maximum Gasteiger partial charge on any atom is 0.234 e. The van der Waals surface area contributed by atoms with Gasteiger partial charge in [0.15, 0.2) is 0 Å². The molecular formula is C15H19N7O. The van der Waals surface area contributed by atoms with Gasteiger partial charge in [-0.3, -0.25) is 4.40 Å². The quantitative estimate of drug-likeness (QED) is 0.762. The molecule has 0 bridgehead atoms. The van der Waals surface area contributed by atoms with Crippen LogP contribution in [0.4, 0.5) is 0 Å². The van der Waals surface area contributed by atoms with Crippen LogP contribution in [0.25, 0.3) is 5.78 Å². The molecule has 1 aliphatic heterocycles. The summed E-state index contributed by atoms with van der Waals surface area (Å²) >= 11 is 0. The molecule has 4 rings (SSSR count). The van der Waals surface area contributed by atoms with Gasteiger partial charge < -0.3 is 10.1 Å². The van der Waals surface area contributed by atoms with Gasteiger partial charge in [-0.15, -0.1) is 5.10 Å². The van der Waals surface area contributed by atoms with Gasteiger partial charge in [-0.1, -0.05) is 5.21 Å².